The summed E-state index contributed by atoms with van der Waals surface area (Å²) in [5, 5.41) is 16.0. The Bertz CT molecular complexity index is 114. The zero-order chi connectivity index (χ0) is 7.98. The average molecular weight is 148 g/mol. The lowest BCUT2D eigenvalue weighted by Gasteiger charge is -1.95. The molecule has 0 fully saturated rings. The van der Waals surface area contributed by atoms with Gasteiger partial charge in [0, 0.05) is 6.42 Å². The van der Waals surface area contributed by atoms with Crippen molar-refractivity contribution in [3.63, 3.8) is 0 Å². The summed E-state index contributed by atoms with van der Waals surface area (Å²) in [5.74, 6) is -0.950. The molecule has 58 valence electrons. The van der Waals surface area contributed by atoms with Crippen LogP contribution in [0.4, 0.5) is 4.79 Å². The maximum Gasteiger partial charge on any atom is 0.505 e. The molecule has 0 aromatic heterocycles. The molecule has 0 rings (SSSR count). The quantitative estimate of drug-likeness (QED) is 0.449. The maximum atomic E-state index is 9.84. The molecule has 0 radical (unpaired) electrons. The molecule has 0 aliphatic heterocycles. The molecule has 5 nitrogen and oxygen atoms in total. The zero-order valence-corrected chi connectivity index (χ0v) is 5.24. The van der Waals surface area contributed by atoms with Gasteiger partial charge in [-0.05, 0) is 6.42 Å². The fourth-order valence-electron chi connectivity index (χ4n) is 0.383. The molecule has 0 atom stereocenters. The van der Waals surface area contributed by atoms with Crippen LogP contribution in [-0.4, -0.2) is 28.9 Å². The molecular formula is C5H8O5. The lowest BCUT2D eigenvalue weighted by molar-refractivity contribution is -0.137. The maximum absolute atomic E-state index is 9.84. The summed E-state index contributed by atoms with van der Waals surface area (Å²) in [7, 11) is 0. The molecule has 2 N–H and O–H groups in total. The van der Waals surface area contributed by atoms with Crippen LogP contribution in [0, 0.1) is 0 Å². The summed E-state index contributed by atoms with van der Waals surface area (Å²) in [4.78, 5) is 19.5. The summed E-state index contributed by atoms with van der Waals surface area (Å²) in [6.45, 7) is -0.0539. The fraction of sp³-hybridized carbons (Fsp3) is 0.600. The van der Waals surface area contributed by atoms with Gasteiger partial charge in [-0.1, -0.05) is 0 Å². The van der Waals surface area contributed by atoms with Gasteiger partial charge in [0.05, 0.1) is 6.61 Å². The number of carboxylic acids is 1. The third-order valence-corrected chi connectivity index (χ3v) is 0.761. The normalized spacial score (nSPS) is 8.80. The number of aliphatic carboxylic acids is 1. The molecule has 0 spiro atoms. The summed E-state index contributed by atoms with van der Waals surface area (Å²) in [6, 6.07) is 0. The Morgan fingerprint density at radius 3 is 2.30 bits per heavy atom. The van der Waals surface area contributed by atoms with Crippen LogP contribution in [0.1, 0.15) is 12.8 Å². The van der Waals surface area contributed by atoms with Crippen LogP contribution in [-0.2, 0) is 9.53 Å². The number of hydrogen-bond donors (Lipinski definition) is 2. The van der Waals surface area contributed by atoms with Gasteiger partial charge in [-0.2, -0.15) is 0 Å². The second-order valence-electron chi connectivity index (χ2n) is 1.61. The van der Waals surface area contributed by atoms with Gasteiger partial charge in [0.25, 0.3) is 0 Å². The number of rotatable bonds is 4. The number of carbonyl (C=O) groups is 2. The lowest BCUT2D eigenvalue weighted by atomic mass is 10.3. The number of hydrogen-bond acceptors (Lipinski definition) is 3. The molecule has 0 saturated heterocycles. The van der Waals surface area contributed by atoms with Crippen molar-refractivity contribution in [2.24, 2.45) is 0 Å². The SMILES string of the molecule is O=C(O)CCCOC(=O)O. The van der Waals surface area contributed by atoms with Crippen LogP contribution in [0.2, 0.25) is 0 Å². The summed E-state index contributed by atoms with van der Waals surface area (Å²) in [6.07, 6.45) is -1.21. The van der Waals surface area contributed by atoms with E-state index in [-0.39, 0.29) is 19.4 Å². The summed E-state index contributed by atoms with van der Waals surface area (Å²) in [5.41, 5.74) is 0. The second kappa shape index (κ2) is 4.60. The average Bonchev–Trinajstić information content (AvgIpc) is 1.79. The molecule has 0 unspecified atom stereocenters. The van der Waals surface area contributed by atoms with Crippen LogP contribution >= 0.6 is 0 Å². The Morgan fingerprint density at radius 2 is 1.90 bits per heavy atom. The smallest absolute Gasteiger partial charge is 0.481 e. The molecule has 0 bridgehead atoms. The largest absolute Gasteiger partial charge is 0.505 e. The highest BCUT2D eigenvalue weighted by Gasteiger charge is 1.98. The van der Waals surface area contributed by atoms with Gasteiger partial charge < -0.3 is 14.9 Å². The van der Waals surface area contributed by atoms with Gasteiger partial charge in [-0.3, -0.25) is 4.79 Å². The molecule has 0 saturated carbocycles. The molecule has 10 heavy (non-hydrogen) atoms. The van der Waals surface area contributed by atoms with Crippen molar-refractivity contribution in [3.05, 3.63) is 0 Å². The topological polar surface area (TPSA) is 83.8 Å². The van der Waals surface area contributed by atoms with E-state index in [1.807, 2.05) is 0 Å². The minimum atomic E-state index is -1.37. The van der Waals surface area contributed by atoms with E-state index in [0.29, 0.717) is 0 Å². The summed E-state index contributed by atoms with van der Waals surface area (Å²) >= 11 is 0. The second-order valence-corrected chi connectivity index (χ2v) is 1.61. The zero-order valence-electron chi connectivity index (χ0n) is 5.24. The molecule has 0 aliphatic carbocycles. The van der Waals surface area contributed by atoms with Crippen molar-refractivity contribution in [2.75, 3.05) is 6.61 Å². The number of ether oxygens (including phenoxy) is 1. The Labute approximate surface area is 57.2 Å². The first-order chi connectivity index (χ1) is 4.63. The Morgan fingerprint density at radius 1 is 1.30 bits per heavy atom. The molecule has 0 amide bonds. The van der Waals surface area contributed by atoms with Gasteiger partial charge in [-0.15, -0.1) is 0 Å². The van der Waals surface area contributed by atoms with Gasteiger partial charge >= 0.3 is 12.1 Å². The van der Waals surface area contributed by atoms with Gasteiger partial charge in [0.15, 0.2) is 0 Å². The molecule has 0 aromatic carbocycles. The van der Waals surface area contributed by atoms with E-state index in [2.05, 4.69) is 4.74 Å². The minimum absolute atomic E-state index is 0.0539. The molecule has 5 heteroatoms. The van der Waals surface area contributed by atoms with E-state index >= 15 is 0 Å². The van der Waals surface area contributed by atoms with E-state index < -0.39 is 12.1 Å². The highest BCUT2D eigenvalue weighted by molar-refractivity contribution is 5.66. The highest BCUT2D eigenvalue weighted by Crippen LogP contribution is 1.89. The minimum Gasteiger partial charge on any atom is -0.481 e. The first-order valence-electron chi connectivity index (χ1n) is 2.70. The predicted molar refractivity (Wildman–Crippen MR) is 30.8 cm³/mol. The monoisotopic (exact) mass is 148 g/mol. The molecule has 0 aromatic rings. The third-order valence-electron chi connectivity index (χ3n) is 0.761. The van der Waals surface area contributed by atoms with Crippen molar-refractivity contribution in [2.45, 2.75) is 12.8 Å². The third kappa shape index (κ3) is 6.74. The predicted octanol–water partition coefficient (Wildman–Crippen LogP) is 0.546. The van der Waals surface area contributed by atoms with Crippen LogP contribution in [0.25, 0.3) is 0 Å². The highest BCUT2D eigenvalue weighted by atomic mass is 16.7. The summed E-state index contributed by atoms with van der Waals surface area (Å²) < 4.78 is 4.05. The van der Waals surface area contributed by atoms with Gasteiger partial charge in [0.2, 0.25) is 0 Å². The van der Waals surface area contributed by atoms with Crippen molar-refractivity contribution < 1.29 is 24.5 Å². The standard InChI is InChI=1S/C5H8O5/c6-4(7)2-1-3-10-5(8)9/h1-3H2,(H,6,7)(H,8,9). The Kier molecular flexibility index (Phi) is 4.02. The molecular weight excluding hydrogens is 140 g/mol. The first-order valence-corrected chi connectivity index (χ1v) is 2.70. The Balaban J connectivity index is 3.06. The van der Waals surface area contributed by atoms with Gasteiger partial charge in [-0.25, -0.2) is 4.79 Å². The first kappa shape index (κ1) is 8.74. The van der Waals surface area contributed by atoms with Crippen molar-refractivity contribution in [1.29, 1.82) is 0 Å². The fourth-order valence-corrected chi connectivity index (χ4v) is 0.383. The van der Waals surface area contributed by atoms with E-state index in [1.54, 1.807) is 0 Å². The van der Waals surface area contributed by atoms with Crippen LogP contribution in [0.15, 0.2) is 0 Å². The van der Waals surface area contributed by atoms with Crippen molar-refractivity contribution in [3.8, 4) is 0 Å². The van der Waals surface area contributed by atoms with E-state index in [1.165, 1.54) is 0 Å². The van der Waals surface area contributed by atoms with Crippen LogP contribution < -0.4 is 0 Å². The molecule has 0 heterocycles. The van der Waals surface area contributed by atoms with E-state index in [9.17, 15) is 9.59 Å². The van der Waals surface area contributed by atoms with Crippen molar-refractivity contribution >= 4 is 12.1 Å². The van der Waals surface area contributed by atoms with Crippen LogP contribution in [0.3, 0.4) is 0 Å². The van der Waals surface area contributed by atoms with Crippen molar-refractivity contribution in [1.82, 2.24) is 0 Å². The lowest BCUT2D eigenvalue weighted by Crippen LogP contribution is -2.04. The van der Waals surface area contributed by atoms with E-state index in [0.717, 1.165) is 0 Å². The van der Waals surface area contributed by atoms with E-state index in [4.69, 9.17) is 10.2 Å². The number of carboxylic acid groups (broad SMARTS) is 2. The Hall–Kier alpha value is -1.26. The van der Waals surface area contributed by atoms with Gasteiger partial charge in [0.1, 0.15) is 0 Å². The van der Waals surface area contributed by atoms with Crippen LogP contribution in [0.5, 0.6) is 0 Å². The molecule has 0 aliphatic rings.